The molecule has 1 fully saturated rings. The largest absolute Gasteiger partial charge is 0.492 e. The van der Waals surface area contributed by atoms with Crippen LogP contribution in [0.15, 0.2) is 12.3 Å². The summed E-state index contributed by atoms with van der Waals surface area (Å²) in [6.45, 7) is 5.92. The summed E-state index contributed by atoms with van der Waals surface area (Å²) >= 11 is 0. The average Bonchev–Trinajstić information content (AvgIpc) is 2.79. The predicted molar refractivity (Wildman–Crippen MR) is 123 cm³/mol. The minimum Gasteiger partial charge on any atom is -0.492 e. The van der Waals surface area contributed by atoms with E-state index < -0.39 is 91.4 Å². The maximum atomic E-state index is 11.9. The van der Waals surface area contributed by atoms with E-state index in [1.807, 2.05) is 0 Å². The van der Waals surface area contributed by atoms with Crippen molar-refractivity contribution >= 4 is 35.8 Å². The molecule has 0 radical (unpaired) electrons. The van der Waals surface area contributed by atoms with Crippen molar-refractivity contribution in [3.8, 4) is 0 Å². The van der Waals surface area contributed by atoms with Crippen molar-refractivity contribution in [2.24, 2.45) is 0 Å². The molecule has 0 N–H and O–H groups in total. The first kappa shape index (κ1) is 31.5. The molecule has 2 heterocycles. The van der Waals surface area contributed by atoms with Crippen LogP contribution in [0.2, 0.25) is 0 Å². The van der Waals surface area contributed by atoms with Crippen LogP contribution in [0.5, 0.6) is 0 Å². The molecule has 0 aliphatic carbocycles. The van der Waals surface area contributed by atoms with E-state index in [1.54, 1.807) is 0 Å². The fourth-order valence-corrected chi connectivity index (χ4v) is 3.90. The fraction of sp³-hybridized carbons (Fsp3) is 0.667. The van der Waals surface area contributed by atoms with Gasteiger partial charge in [0.1, 0.15) is 12.7 Å². The molecule has 0 amide bonds. The van der Waals surface area contributed by atoms with Crippen LogP contribution in [0.3, 0.4) is 0 Å². The zero-order chi connectivity index (χ0) is 29.3. The van der Waals surface area contributed by atoms with E-state index in [-0.39, 0.29) is 6.61 Å². The molecule has 39 heavy (non-hydrogen) atoms. The topological polar surface area (TPSA) is 185 Å². The number of carbonyl (C=O) groups excluding carboxylic acids is 6. The molecule has 0 spiro atoms. The molecule has 0 saturated carbocycles. The second-order valence-corrected chi connectivity index (χ2v) is 8.55. The molecule has 15 nitrogen and oxygen atoms in total. The highest BCUT2D eigenvalue weighted by atomic mass is 16.7. The van der Waals surface area contributed by atoms with Gasteiger partial charge in [-0.25, -0.2) is 0 Å². The Morgan fingerprint density at radius 1 is 0.590 bits per heavy atom. The van der Waals surface area contributed by atoms with Gasteiger partial charge < -0.3 is 42.6 Å². The highest BCUT2D eigenvalue weighted by Gasteiger charge is 2.53. The first-order valence-electron chi connectivity index (χ1n) is 11.9. The van der Waals surface area contributed by atoms with E-state index in [1.165, 1.54) is 19.3 Å². The van der Waals surface area contributed by atoms with Crippen LogP contribution in [0.1, 0.15) is 41.5 Å². The first-order valence-corrected chi connectivity index (χ1v) is 11.9. The molecule has 15 heteroatoms. The zero-order valence-corrected chi connectivity index (χ0v) is 22.3. The lowest BCUT2D eigenvalue weighted by atomic mass is 9.98. The Kier molecular flexibility index (Phi) is 11.7. The minimum atomic E-state index is -1.48. The van der Waals surface area contributed by atoms with E-state index in [4.69, 9.17) is 42.6 Å². The van der Waals surface area contributed by atoms with Crippen molar-refractivity contribution < 1.29 is 71.4 Å². The highest BCUT2D eigenvalue weighted by Crippen LogP contribution is 2.31. The Morgan fingerprint density at radius 3 is 1.64 bits per heavy atom. The normalized spacial score (nSPS) is 29.7. The Labute approximate surface area is 223 Å². The van der Waals surface area contributed by atoms with Crippen molar-refractivity contribution in [1.29, 1.82) is 0 Å². The van der Waals surface area contributed by atoms with Crippen molar-refractivity contribution in [2.45, 2.75) is 90.6 Å². The van der Waals surface area contributed by atoms with Crippen LogP contribution < -0.4 is 0 Å². The van der Waals surface area contributed by atoms with Crippen LogP contribution in [-0.2, 0) is 71.4 Å². The highest BCUT2D eigenvalue weighted by molar-refractivity contribution is 5.69. The Morgan fingerprint density at radius 2 is 1.10 bits per heavy atom. The molecular weight excluding hydrogens is 528 g/mol. The van der Waals surface area contributed by atoms with E-state index in [0.29, 0.717) is 0 Å². The summed E-state index contributed by atoms with van der Waals surface area (Å²) in [6, 6.07) is 0. The second-order valence-electron chi connectivity index (χ2n) is 8.55. The first-order chi connectivity index (χ1) is 18.3. The van der Waals surface area contributed by atoms with Crippen molar-refractivity contribution in [1.82, 2.24) is 0 Å². The Bertz CT molecular complexity index is 959. The number of hydrogen-bond donors (Lipinski definition) is 0. The number of rotatable bonds is 10. The van der Waals surface area contributed by atoms with E-state index in [0.717, 1.165) is 34.6 Å². The predicted octanol–water partition coefficient (Wildman–Crippen LogP) is -0.138. The van der Waals surface area contributed by atoms with Gasteiger partial charge in [-0.3, -0.25) is 28.8 Å². The van der Waals surface area contributed by atoms with Crippen molar-refractivity contribution in [3.63, 3.8) is 0 Å². The summed E-state index contributed by atoms with van der Waals surface area (Å²) in [6.07, 6.45) is -7.49. The quantitative estimate of drug-likeness (QED) is 0.254. The maximum absolute atomic E-state index is 11.9. The van der Waals surface area contributed by atoms with E-state index in [9.17, 15) is 28.8 Å². The molecular formula is C24H32O15. The number of carbonyl (C=O) groups is 6. The molecule has 0 aromatic carbocycles. The van der Waals surface area contributed by atoms with Gasteiger partial charge in [0.2, 0.25) is 0 Å². The molecule has 2 aliphatic rings. The standard InChI is InChI=1S/C24H32O15/c1-11(25)32-10-19-21(36-14(4)28)22(37-15(5)29)23(38-16(6)30)24(39-19)33-9-18-20(35-13(3)27)17(7-8-31-18)34-12(2)26/h7-8,17-24H,9-10H2,1-6H3/t17-,18-,19-,20+,21-,22+,23-,24-/m1/s1. The monoisotopic (exact) mass is 560 g/mol. The summed E-state index contributed by atoms with van der Waals surface area (Å²) < 4.78 is 48.7. The maximum Gasteiger partial charge on any atom is 0.303 e. The van der Waals surface area contributed by atoms with Gasteiger partial charge in [-0.1, -0.05) is 0 Å². The summed E-state index contributed by atoms with van der Waals surface area (Å²) in [7, 11) is 0. The zero-order valence-electron chi connectivity index (χ0n) is 22.3. The number of hydrogen-bond acceptors (Lipinski definition) is 15. The van der Waals surface area contributed by atoms with Gasteiger partial charge in [-0.05, 0) is 6.08 Å². The molecule has 8 atom stereocenters. The third-order valence-electron chi connectivity index (χ3n) is 5.19. The molecule has 0 unspecified atom stereocenters. The summed E-state index contributed by atoms with van der Waals surface area (Å²) in [5.41, 5.74) is 0. The van der Waals surface area contributed by atoms with Gasteiger partial charge in [0.15, 0.2) is 42.9 Å². The molecule has 0 aromatic rings. The van der Waals surface area contributed by atoms with Gasteiger partial charge in [-0.15, -0.1) is 0 Å². The van der Waals surface area contributed by atoms with Gasteiger partial charge in [-0.2, -0.15) is 0 Å². The lowest BCUT2D eigenvalue weighted by Gasteiger charge is -2.44. The molecule has 2 rings (SSSR count). The summed E-state index contributed by atoms with van der Waals surface area (Å²) in [5.74, 6) is -4.39. The number of esters is 6. The third kappa shape index (κ3) is 9.83. The number of ether oxygens (including phenoxy) is 9. The smallest absolute Gasteiger partial charge is 0.303 e. The van der Waals surface area contributed by atoms with Crippen molar-refractivity contribution in [3.05, 3.63) is 12.3 Å². The minimum absolute atomic E-state index is 0.381. The molecule has 218 valence electrons. The Hall–Kier alpha value is -3.72. The average molecular weight is 561 g/mol. The van der Waals surface area contributed by atoms with Gasteiger partial charge in [0.05, 0.1) is 12.9 Å². The third-order valence-corrected chi connectivity index (χ3v) is 5.19. The van der Waals surface area contributed by atoms with Crippen LogP contribution in [0.4, 0.5) is 0 Å². The van der Waals surface area contributed by atoms with Crippen LogP contribution >= 0.6 is 0 Å². The SMILES string of the molecule is CC(=O)OC[C@H]1O[C@@H](OC[C@H]2OC=C[C@@H](OC(C)=O)[C@@H]2OC(C)=O)[C@H](OC(C)=O)[C@@H](OC(C)=O)[C@@H]1OC(C)=O. The van der Waals surface area contributed by atoms with E-state index >= 15 is 0 Å². The lowest BCUT2D eigenvalue weighted by Crippen LogP contribution is -2.63. The van der Waals surface area contributed by atoms with Crippen LogP contribution in [0, 0.1) is 0 Å². The Balaban J connectivity index is 2.37. The fourth-order valence-electron chi connectivity index (χ4n) is 3.90. The lowest BCUT2D eigenvalue weighted by molar-refractivity contribution is -0.313. The molecule has 2 aliphatic heterocycles. The summed E-state index contributed by atoms with van der Waals surface area (Å²) in [4.78, 5) is 70.4. The molecule has 0 bridgehead atoms. The van der Waals surface area contributed by atoms with Crippen molar-refractivity contribution in [2.75, 3.05) is 13.2 Å². The second kappa shape index (κ2) is 14.4. The van der Waals surface area contributed by atoms with Gasteiger partial charge in [0.25, 0.3) is 0 Å². The summed E-state index contributed by atoms with van der Waals surface area (Å²) in [5, 5.41) is 0. The van der Waals surface area contributed by atoms with Crippen LogP contribution in [-0.4, -0.2) is 98.0 Å². The van der Waals surface area contributed by atoms with Crippen LogP contribution in [0.25, 0.3) is 0 Å². The van der Waals surface area contributed by atoms with Gasteiger partial charge in [0, 0.05) is 41.5 Å². The molecule has 0 aromatic heterocycles. The van der Waals surface area contributed by atoms with Gasteiger partial charge >= 0.3 is 35.8 Å². The van der Waals surface area contributed by atoms with E-state index in [2.05, 4.69) is 0 Å². The molecule has 1 saturated heterocycles.